The average molecular weight is 402 g/mol. The Labute approximate surface area is 170 Å². The standard InChI is InChI=1S/C20H30N6O3/c1-21-20(22-13-18-23-19(25-24-18)17-6-4-12-28-17)26-9-7-15(8-10-26)29-14-16-5-2-3-11-27-16/h4,6,12,15-16H,2-3,5,7-11,13-14H2,1H3,(H,21,22)(H,23,24,25). The number of likely N-dealkylation sites (tertiary alicyclic amines) is 1. The third-order valence-electron chi connectivity index (χ3n) is 5.43. The Balaban J connectivity index is 1.20. The van der Waals surface area contributed by atoms with Crippen LogP contribution in [0.1, 0.15) is 37.9 Å². The van der Waals surface area contributed by atoms with E-state index in [1.807, 2.05) is 12.1 Å². The molecule has 2 aliphatic rings. The number of hydrogen-bond acceptors (Lipinski definition) is 6. The van der Waals surface area contributed by atoms with Gasteiger partial charge in [0.2, 0.25) is 5.82 Å². The monoisotopic (exact) mass is 402 g/mol. The molecule has 4 heterocycles. The molecule has 2 aromatic rings. The van der Waals surface area contributed by atoms with Crippen LogP contribution in [0.5, 0.6) is 0 Å². The number of nitrogens with zero attached hydrogens (tertiary/aromatic N) is 4. The highest BCUT2D eigenvalue weighted by Crippen LogP contribution is 2.18. The molecular formula is C20H30N6O3. The van der Waals surface area contributed by atoms with E-state index in [1.165, 1.54) is 12.8 Å². The van der Waals surface area contributed by atoms with Gasteiger partial charge in [-0.15, -0.1) is 5.10 Å². The number of rotatable bonds is 6. The highest BCUT2D eigenvalue weighted by Gasteiger charge is 2.24. The van der Waals surface area contributed by atoms with E-state index in [2.05, 4.69) is 30.4 Å². The molecule has 1 unspecified atom stereocenters. The highest BCUT2D eigenvalue weighted by atomic mass is 16.5. The Morgan fingerprint density at radius 2 is 2.24 bits per heavy atom. The van der Waals surface area contributed by atoms with E-state index in [1.54, 1.807) is 13.3 Å². The van der Waals surface area contributed by atoms with E-state index in [0.29, 0.717) is 24.2 Å². The summed E-state index contributed by atoms with van der Waals surface area (Å²) >= 11 is 0. The maximum atomic E-state index is 6.11. The van der Waals surface area contributed by atoms with Crippen LogP contribution < -0.4 is 5.32 Å². The van der Waals surface area contributed by atoms with Crippen LogP contribution in [0, 0.1) is 0 Å². The number of piperidine rings is 1. The summed E-state index contributed by atoms with van der Waals surface area (Å²) in [5.41, 5.74) is 0. The molecule has 2 aromatic heterocycles. The van der Waals surface area contributed by atoms with Gasteiger partial charge in [-0.1, -0.05) is 0 Å². The van der Waals surface area contributed by atoms with E-state index in [9.17, 15) is 0 Å². The molecule has 2 saturated heterocycles. The topological polar surface area (TPSA) is 101 Å². The molecule has 2 fully saturated rings. The number of furan rings is 1. The van der Waals surface area contributed by atoms with Crippen molar-refractivity contribution in [3.05, 3.63) is 24.2 Å². The SMILES string of the molecule is CN=C(NCc1nc(-c2ccco2)n[nH]1)N1CCC(OCC2CCCCO2)CC1. The Morgan fingerprint density at radius 1 is 1.34 bits per heavy atom. The van der Waals surface area contributed by atoms with Gasteiger partial charge in [-0.3, -0.25) is 10.1 Å². The van der Waals surface area contributed by atoms with Gasteiger partial charge in [-0.25, -0.2) is 4.98 Å². The van der Waals surface area contributed by atoms with Gasteiger partial charge in [0.15, 0.2) is 11.7 Å². The van der Waals surface area contributed by atoms with Crippen molar-refractivity contribution < 1.29 is 13.9 Å². The molecule has 0 aromatic carbocycles. The number of guanidine groups is 1. The Bertz CT molecular complexity index is 761. The van der Waals surface area contributed by atoms with Crippen LogP contribution in [-0.4, -0.2) is 71.6 Å². The Kier molecular flexibility index (Phi) is 6.79. The quantitative estimate of drug-likeness (QED) is 0.564. The van der Waals surface area contributed by atoms with E-state index in [4.69, 9.17) is 13.9 Å². The van der Waals surface area contributed by atoms with Crippen LogP contribution in [0.15, 0.2) is 27.8 Å². The maximum absolute atomic E-state index is 6.11. The second-order valence-electron chi connectivity index (χ2n) is 7.49. The highest BCUT2D eigenvalue weighted by molar-refractivity contribution is 5.79. The molecule has 1 atom stereocenters. The van der Waals surface area contributed by atoms with Crippen LogP contribution in [0.4, 0.5) is 0 Å². The minimum Gasteiger partial charge on any atom is -0.461 e. The molecule has 0 spiro atoms. The summed E-state index contributed by atoms with van der Waals surface area (Å²) in [5, 5.41) is 10.5. The van der Waals surface area contributed by atoms with Crippen molar-refractivity contribution in [1.29, 1.82) is 0 Å². The third-order valence-corrected chi connectivity index (χ3v) is 5.43. The summed E-state index contributed by atoms with van der Waals surface area (Å²) in [6.07, 6.45) is 7.75. The minimum atomic E-state index is 0.282. The fourth-order valence-corrected chi connectivity index (χ4v) is 3.80. The Hall–Kier alpha value is -2.39. The van der Waals surface area contributed by atoms with Crippen LogP contribution in [0.3, 0.4) is 0 Å². The van der Waals surface area contributed by atoms with Gasteiger partial charge in [0.25, 0.3) is 0 Å². The number of ether oxygens (including phenoxy) is 2. The minimum absolute atomic E-state index is 0.282. The molecule has 2 N–H and O–H groups in total. The number of nitrogens with one attached hydrogen (secondary N) is 2. The van der Waals surface area contributed by atoms with Crippen LogP contribution >= 0.6 is 0 Å². The summed E-state index contributed by atoms with van der Waals surface area (Å²) in [7, 11) is 1.81. The summed E-state index contributed by atoms with van der Waals surface area (Å²) < 4.78 is 17.2. The molecule has 0 bridgehead atoms. The van der Waals surface area contributed by atoms with Gasteiger partial charge in [-0.05, 0) is 44.2 Å². The first kappa shape index (κ1) is 19.9. The number of H-pyrrole nitrogens is 1. The fraction of sp³-hybridized carbons (Fsp3) is 0.650. The molecule has 158 valence electrons. The number of aromatic amines is 1. The molecule has 0 radical (unpaired) electrons. The summed E-state index contributed by atoms with van der Waals surface area (Å²) in [6, 6.07) is 3.66. The summed E-state index contributed by atoms with van der Waals surface area (Å²) in [4.78, 5) is 11.1. The van der Waals surface area contributed by atoms with Gasteiger partial charge in [0.1, 0.15) is 5.82 Å². The van der Waals surface area contributed by atoms with Crippen molar-refractivity contribution in [2.45, 2.75) is 50.9 Å². The van der Waals surface area contributed by atoms with Crippen LogP contribution in [0.25, 0.3) is 11.6 Å². The largest absolute Gasteiger partial charge is 0.461 e. The van der Waals surface area contributed by atoms with Crippen molar-refractivity contribution >= 4 is 5.96 Å². The predicted octanol–water partition coefficient (Wildman–Crippen LogP) is 2.19. The first-order chi connectivity index (χ1) is 14.3. The molecule has 0 amide bonds. The molecule has 9 heteroatoms. The first-order valence-electron chi connectivity index (χ1n) is 10.5. The molecule has 29 heavy (non-hydrogen) atoms. The molecular weight excluding hydrogens is 372 g/mol. The van der Waals surface area contributed by atoms with Crippen molar-refractivity contribution in [2.24, 2.45) is 4.99 Å². The predicted molar refractivity (Wildman–Crippen MR) is 108 cm³/mol. The lowest BCUT2D eigenvalue weighted by Crippen LogP contribution is -2.47. The van der Waals surface area contributed by atoms with Crippen molar-refractivity contribution in [3.63, 3.8) is 0 Å². The lowest BCUT2D eigenvalue weighted by atomic mass is 10.1. The van der Waals surface area contributed by atoms with Gasteiger partial charge >= 0.3 is 0 Å². The van der Waals surface area contributed by atoms with E-state index in [0.717, 1.165) is 57.3 Å². The maximum Gasteiger partial charge on any atom is 0.216 e. The number of aliphatic imine (C=N–C) groups is 1. The van der Waals surface area contributed by atoms with Gasteiger partial charge in [-0.2, -0.15) is 0 Å². The van der Waals surface area contributed by atoms with E-state index in [-0.39, 0.29) is 6.10 Å². The first-order valence-corrected chi connectivity index (χ1v) is 10.5. The smallest absolute Gasteiger partial charge is 0.216 e. The lowest BCUT2D eigenvalue weighted by molar-refractivity contribution is -0.0721. The normalized spacial score (nSPS) is 21.5. The van der Waals surface area contributed by atoms with Gasteiger partial charge in [0.05, 0.1) is 31.6 Å². The average Bonchev–Trinajstić information content (AvgIpc) is 3.46. The lowest BCUT2D eigenvalue weighted by Gasteiger charge is -2.34. The summed E-state index contributed by atoms with van der Waals surface area (Å²) in [6.45, 7) is 3.97. The second-order valence-corrected chi connectivity index (χ2v) is 7.49. The zero-order chi connectivity index (χ0) is 19.9. The zero-order valence-electron chi connectivity index (χ0n) is 17.0. The molecule has 2 aliphatic heterocycles. The van der Waals surface area contributed by atoms with Crippen molar-refractivity contribution in [1.82, 2.24) is 25.4 Å². The Morgan fingerprint density at radius 3 is 2.97 bits per heavy atom. The molecule has 0 saturated carbocycles. The zero-order valence-corrected chi connectivity index (χ0v) is 17.0. The van der Waals surface area contributed by atoms with E-state index < -0.39 is 0 Å². The van der Waals surface area contributed by atoms with Gasteiger partial charge in [0, 0.05) is 26.7 Å². The van der Waals surface area contributed by atoms with Crippen molar-refractivity contribution in [2.75, 3.05) is 33.4 Å². The van der Waals surface area contributed by atoms with Crippen LogP contribution in [-0.2, 0) is 16.0 Å². The molecule has 0 aliphatic carbocycles. The third kappa shape index (κ3) is 5.36. The number of aromatic nitrogens is 3. The molecule has 4 rings (SSSR count). The summed E-state index contributed by atoms with van der Waals surface area (Å²) in [5.74, 6) is 2.82. The van der Waals surface area contributed by atoms with Crippen LogP contribution in [0.2, 0.25) is 0 Å². The second kappa shape index (κ2) is 9.89. The number of hydrogen-bond donors (Lipinski definition) is 2. The molecule has 9 nitrogen and oxygen atoms in total. The van der Waals surface area contributed by atoms with Gasteiger partial charge < -0.3 is 24.1 Å². The fourth-order valence-electron chi connectivity index (χ4n) is 3.80. The van der Waals surface area contributed by atoms with E-state index >= 15 is 0 Å². The van der Waals surface area contributed by atoms with Crippen molar-refractivity contribution in [3.8, 4) is 11.6 Å².